The summed E-state index contributed by atoms with van der Waals surface area (Å²) in [5.74, 6) is 0.927. The minimum atomic E-state index is -3.25. The Bertz CT molecular complexity index is 687. The Morgan fingerprint density at radius 3 is 2.56 bits per heavy atom. The lowest BCUT2D eigenvalue weighted by Crippen LogP contribution is -2.09. The highest BCUT2D eigenvalue weighted by molar-refractivity contribution is 7.92. The van der Waals surface area contributed by atoms with Crippen molar-refractivity contribution in [3.63, 3.8) is 0 Å². The van der Waals surface area contributed by atoms with Crippen LogP contribution in [-0.4, -0.2) is 24.2 Å². The fourth-order valence-electron chi connectivity index (χ4n) is 2.15. The number of hydrogen-bond donors (Lipinski definition) is 1. The molecule has 2 rings (SSSR count). The molecular weight excluding hydrogens is 250 g/mol. The standard InChI is InChI=1S/C12H17N3O2S/c1-8(2)15-9(3)13-11-7-10(5-6-12(11)15)14-18(4,16)17/h5-8,14H,1-4H3. The molecule has 1 heterocycles. The van der Waals surface area contributed by atoms with Crippen molar-refractivity contribution in [2.75, 3.05) is 11.0 Å². The fourth-order valence-corrected chi connectivity index (χ4v) is 2.70. The maximum absolute atomic E-state index is 11.2. The normalized spacial score (nSPS) is 12.3. The van der Waals surface area contributed by atoms with Gasteiger partial charge in [-0.3, -0.25) is 4.72 Å². The Balaban J connectivity index is 2.54. The van der Waals surface area contributed by atoms with Crippen LogP contribution in [0.1, 0.15) is 25.7 Å². The second-order valence-electron chi connectivity index (χ2n) is 4.70. The number of sulfonamides is 1. The Kier molecular flexibility index (Phi) is 3.06. The summed E-state index contributed by atoms with van der Waals surface area (Å²) in [7, 11) is -3.25. The van der Waals surface area contributed by atoms with E-state index in [0.29, 0.717) is 11.7 Å². The molecule has 98 valence electrons. The molecule has 2 aromatic rings. The number of benzene rings is 1. The quantitative estimate of drug-likeness (QED) is 0.928. The minimum absolute atomic E-state index is 0.323. The van der Waals surface area contributed by atoms with Gasteiger partial charge >= 0.3 is 0 Å². The van der Waals surface area contributed by atoms with E-state index < -0.39 is 10.0 Å². The number of aromatic nitrogens is 2. The largest absolute Gasteiger partial charge is 0.326 e. The molecule has 0 saturated heterocycles. The summed E-state index contributed by atoms with van der Waals surface area (Å²) in [6, 6.07) is 5.72. The van der Waals surface area contributed by atoms with Gasteiger partial charge in [0.1, 0.15) is 5.82 Å². The summed E-state index contributed by atoms with van der Waals surface area (Å²) in [4.78, 5) is 4.45. The summed E-state index contributed by atoms with van der Waals surface area (Å²) in [5, 5.41) is 0. The van der Waals surface area contributed by atoms with Crippen LogP contribution in [0.25, 0.3) is 11.0 Å². The average Bonchev–Trinajstić information content (AvgIpc) is 2.50. The third-order valence-electron chi connectivity index (χ3n) is 2.69. The van der Waals surface area contributed by atoms with Gasteiger partial charge < -0.3 is 4.57 Å². The number of anilines is 1. The van der Waals surface area contributed by atoms with Gasteiger partial charge in [-0.05, 0) is 39.0 Å². The van der Waals surface area contributed by atoms with Crippen LogP contribution in [0.5, 0.6) is 0 Å². The number of fused-ring (bicyclic) bond motifs is 1. The number of aryl methyl sites for hydroxylation is 1. The molecule has 0 aliphatic rings. The first-order valence-corrected chi connectivity index (χ1v) is 7.63. The van der Waals surface area contributed by atoms with Gasteiger partial charge in [0.05, 0.1) is 23.0 Å². The van der Waals surface area contributed by atoms with Crippen molar-refractivity contribution < 1.29 is 8.42 Å². The van der Waals surface area contributed by atoms with Crippen LogP contribution < -0.4 is 4.72 Å². The number of nitrogens with zero attached hydrogens (tertiary/aromatic N) is 2. The van der Waals surface area contributed by atoms with E-state index in [1.165, 1.54) is 0 Å². The van der Waals surface area contributed by atoms with Crippen molar-refractivity contribution in [2.45, 2.75) is 26.8 Å². The number of rotatable bonds is 3. The lowest BCUT2D eigenvalue weighted by atomic mass is 10.2. The molecule has 1 aromatic carbocycles. The first kappa shape index (κ1) is 12.9. The van der Waals surface area contributed by atoms with Crippen LogP contribution >= 0.6 is 0 Å². The van der Waals surface area contributed by atoms with Crippen LogP contribution in [0.4, 0.5) is 5.69 Å². The first-order chi connectivity index (χ1) is 8.28. The molecule has 18 heavy (non-hydrogen) atoms. The molecule has 0 aliphatic heterocycles. The second-order valence-corrected chi connectivity index (χ2v) is 6.45. The Morgan fingerprint density at radius 1 is 1.33 bits per heavy atom. The average molecular weight is 267 g/mol. The highest BCUT2D eigenvalue weighted by Gasteiger charge is 2.11. The van der Waals surface area contributed by atoms with E-state index in [1.54, 1.807) is 12.1 Å². The molecule has 1 aromatic heterocycles. The van der Waals surface area contributed by atoms with E-state index in [-0.39, 0.29) is 0 Å². The van der Waals surface area contributed by atoms with Gasteiger partial charge in [-0.25, -0.2) is 13.4 Å². The van der Waals surface area contributed by atoms with E-state index in [1.807, 2.05) is 13.0 Å². The van der Waals surface area contributed by atoms with Crippen molar-refractivity contribution in [1.29, 1.82) is 0 Å². The molecule has 0 unspecified atom stereocenters. The Labute approximate surface area is 107 Å². The van der Waals surface area contributed by atoms with Crippen molar-refractivity contribution in [3.8, 4) is 0 Å². The first-order valence-electron chi connectivity index (χ1n) is 5.74. The molecule has 0 aliphatic carbocycles. The van der Waals surface area contributed by atoms with Crippen LogP contribution in [0.2, 0.25) is 0 Å². The Hall–Kier alpha value is -1.56. The van der Waals surface area contributed by atoms with E-state index in [9.17, 15) is 8.42 Å². The molecule has 0 fully saturated rings. The van der Waals surface area contributed by atoms with Gasteiger partial charge in [0.15, 0.2) is 0 Å². The van der Waals surface area contributed by atoms with Crippen LogP contribution in [0.3, 0.4) is 0 Å². The molecule has 0 bridgehead atoms. The lowest BCUT2D eigenvalue weighted by Gasteiger charge is -2.10. The topological polar surface area (TPSA) is 64.0 Å². The maximum Gasteiger partial charge on any atom is 0.229 e. The molecular formula is C12H17N3O2S. The van der Waals surface area contributed by atoms with E-state index in [4.69, 9.17) is 0 Å². The van der Waals surface area contributed by atoms with Gasteiger partial charge in [-0.2, -0.15) is 0 Å². The summed E-state index contributed by atoms with van der Waals surface area (Å²) in [6.07, 6.45) is 1.13. The predicted molar refractivity (Wildman–Crippen MR) is 73.3 cm³/mol. The molecule has 0 atom stereocenters. The molecule has 1 N–H and O–H groups in total. The summed E-state index contributed by atoms with van der Waals surface area (Å²) < 4.78 is 26.9. The van der Waals surface area contributed by atoms with Crippen molar-refractivity contribution in [1.82, 2.24) is 9.55 Å². The molecule has 0 saturated carbocycles. The third-order valence-corrected chi connectivity index (χ3v) is 3.29. The molecule has 0 amide bonds. The van der Waals surface area contributed by atoms with Gasteiger partial charge in [0.2, 0.25) is 10.0 Å². The number of hydrogen-bond acceptors (Lipinski definition) is 3. The van der Waals surface area contributed by atoms with Crippen molar-refractivity contribution in [3.05, 3.63) is 24.0 Å². The Morgan fingerprint density at radius 2 is 2.00 bits per heavy atom. The van der Waals surface area contributed by atoms with Gasteiger partial charge in [-0.1, -0.05) is 0 Å². The molecule has 6 heteroatoms. The SMILES string of the molecule is Cc1nc2cc(NS(C)(=O)=O)ccc2n1C(C)C. The van der Waals surface area contributed by atoms with Gasteiger partial charge in [0, 0.05) is 6.04 Å². The summed E-state index contributed by atoms with van der Waals surface area (Å²) in [6.45, 7) is 6.14. The van der Waals surface area contributed by atoms with Gasteiger partial charge in [-0.15, -0.1) is 0 Å². The zero-order valence-electron chi connectivity index (χ0n) is 10.9. The molecule has 5 nitrogen and oxygen atoms in total. The predicted octanol–water partition coefficient (Wildman–Crippen LogP) is 2.30. The minimum Gasteiger partial charge on any atom is -0.326 e. The summed E-state index contributed by atoms with van der Waals surface area (Å²) in [5.41, 5.74) is 2.36. The molecule has 0 spiro atoms. The highest BCUT2D eigenvalue weighted by Crippen LogP contribution is 2.23. The van der Waals surface area contributed by atoms with Crippen LogP contribution in [-0.2, 0) is 10.0 Å². The fraction of sp³-hybridized carbons (Fsp3) is 0.417. The van der Waals surface area contributed by atoms with E-state index >= 15 is 0 Å². The zero-order chi connectivity index (χ0) is 13.5. The second kappa shape index (κ2) is 4.28. The molecule has 0 radical (unpaired) electrons. The summed E-state index contributed by atoms with van der Waals surface area (Å²) >= 11 is 0. The van der Waals surface area contributed by atoms with Crippen molar-refractivity contribution in [2.24, 2.45) is 0 Å². The zero-order valence-corrected chi connectivity index (χ0v) is 11.7. The number of nitrogens with one attached hydrogen (secondary N) is 1. The van der Waals surface area contributed by atoms with Crippen molar-refractivity contribution >= 4 is 26.7 Å². The smallest absolute Gasteiger partial charge is 0.229 e. The monoisotopic (exact) mass is 267 g/mol. The van der Waals surface area contributed by atoms with Crippen LogP contribution in [0, 0.1) is 6.92 Å². The number of imidazole rings is 1. The maximum atomic E-state index is 11.2. The van der Waals surface area contributed by atoms with E-state index in [2.05, 4.69) is 28.1 Å². The van der Waals surface area contributed by atoms with E-state index in [0.717, 1.165) is 23.1 Å². The highest BCUT2D eigenvalue weighted by atomic mass is 32.2. The lowest BCUT2D eigenvalue weighted by molar-refractivity contribution is 0.600. The van der Waals surface area contributed by atoms with Gasteiger partial charge in [0.25, 0.3) is 0 Å². The third kappa shape index (κ3) is 2.48. The van der Waals surface area contributed by atoms with Crippen LogP contribution in [0.15, 0.2) is 18.2 Å².